The Labute approximate surface area is 165 Å². The SMILES string of the molecule is CC(C)(C)OC(=O)NCC(=O)CNC(=O)C(F)(F)F.NCc1nnc(C(F)(F)F)o1. The van der Waals surface area contributed by atoms with Crippen LogP contribution in [0, 0.1) is 0 Å². The van der Waals surface area contributed by atoms with Gasteiger partial charge in [-0.3, -0.25) is 9.59 Å². The van der Waals surface area contributed by atoms with E-state index in [0.29, 0.717) is 0 Å². The van der Waals surface area contributed by atoms with Gasteiger partial charge in [-0.15, -0.1) is 10.2 Å². The summed E-state index contributed by atoms with van der Waals surface area (Å²) in [5.74, 6) is -4.59. The van der Waals surface area contributed by atoms with Gasteiger partial charge in [-0.1, -0.05) is 0 Å². The molecule has 0 aliphatic heterocycles. The van der Waals surface area contributed by atoms with Crippen LogP contribution >= 0.6 is 0 Å². The molecule has 0 aromatic carbocycles. The molecular weight excluding hydrogens is 432 g/mol. The van der Waals surface area contributed by atoms with Crippen molar-refractivity contribution in [3.05, 3.63) is 11.8 Å². The van der Waals surface area contributed by atoms with Gasteiger partial charge in [0.05, 0.1) is 19.6 Å². The Morgan fingerprint density at radius 3 is 1.90 bits per heavy atom. The number of aromatic nitrogens is 2. The standard InChI is InChI=1S/C10H15F3N2O4.C4H4F3N3O/c1-9(2,3)19-8(18)15-5-6(16)4-14-7(17)10(11,12)13;5-4(6,7)3-10-9-2(1-8)11-3/h4-5H2,1-3H3,(H,14,17)(H,15,18);1,8H2. The zero-order valence-electron chi connectivity index (χ0n) is 15.9. The third-order valence-electron chi connectivity index (χ3n) is 2.42. The largest absolute Gasteiger partial charge is 0.471 e. The number of Topliss-reactive ketones (excluding diaryl/α,β-unsaturated/α-hetero) is 1. The molecule has 0 atom stereocenters. The molecule has 1 aromatic rings. The molecule has 0 radical (unpaired) electrons. The summed E-state index contributed by atoms with van der Waals surface area (Å²) in [5, 5.41) is 9.22. The summed E-state index contributed by atoms with van der Waals surface area (Å²) in [7, 11) is 0. The predicted molar refractivity (Wildman–Crippen MR) is 85.5 cm³/mol. The van der Waals surface area contributed by atoms with Gasteiger partial charge in [0.1, 0.15) is 5.60 Å². The topological polar surface area (TPSA) is 149 Å². The summed E-state index contributed by atoms with van der Waals surface area (Å²) in [4.78, 5) is 32.6. The van der Waals surface area contributed by atoms with E-state index in [1.807, 2.05) is 0 Å². The average molecular weight is 451 g/mol. The number of alkyl carbamates (subject to hydrolysis) is 1. The van der Waals surface area contributed by atoms with Crippen molar-refractivity contribution < 1.29 is 49.9 Å². The zero-order chi connectivity index (χ0) is 23.8. The Balaban J connectivity index is 0.000000642. The Hall–Kier alpha value is -2.91. The highest BCUT2D eigenvalue weighted by Crippen LogP contribution is 2.27. The van der Waals surface area contributed by atoms with E-state index in [4.69, 9.17) is 10.5 Å². The summed E-state index contributed by atoms with van der Waals surface area (Å²) in [6, 6.07) is 0. The van der Waals surface area contributed by atoms with Crippen LogP contribution in [0.2, 0.25) is 0 Å². The van der Waals surface area contributed by atoms with Crippen LogP contribution in [-0.2, 0) is 27.0 Å². The Morgan fingerprint density at radius 2 is 1.53 bits per heavy atom. The van der Waals surface area contributed by atoms with Crippen molar-refractivity contribution in [3.8, 4) is 0 Å². The van der Waals surface area contributed by atoms with Gasteiger partial charge < -0.3 is 25.5 Å². The van der Waals surface area contributed by atoms with Crippen molar-refractivity contribution in [1.29, 1.82) is 0 Å². The van der Waals surface area contributed by atoms with E-state index in [9.17, 15) is 40.7 Å². The van der Waals surface area contributed by atoms with Crippen molar-refractivity contribution in [2.24, 2.45) is 5.73 Å². The molecule has 0 fully saturated rings. The fourth-order valence-corrected chi connectivity index (χ4v) is 1.28. The number of alkyl halides is 6. The molecule has 172 valence electrons. The zero-order valence-corrected chi connectivity index (χ0v) is 15.9. The molecule has 1 heterocycles. The van der Waals surface area contributed by atoms with E-state index in [0.717, 1.165) is 0 Å². The summed E-state index contributed by atoms with van der Waals surface area (Å²) in [5.41, 5.74) is 4.19. The van der Waals surface area contributed by atoms with Crippen LogP contribution in [0.15, 0.2) is 4.42 Å². The van der Waals surface area contributed by atoms with Crippen LogP contribution in [-0.4, -0.2) is 52.8 Å². The minimum Gasteiger partial charge on any atom is -0.444 e. The first kappa shape index (κ1) is 27.1. The Morgan fingerprint density at radius 1 is 1.00 bits per heavy atom. The lowest BCUT2D eigenvalue weighted by Gasteiger charge is -2.19. The van der Waals surface area contributed by atoms with E-state index >= 15 is 0 Å². The molecule has 0 aliphatic carbocycles. The van der Waals surface area contributed by atoms with Gasteiger partial charge in [-0.2, -0.15) is 26.3 Å². The Kier molecular flexibility index (Phi) is 9.71. The fraction of sp³-hybridized carbons (Fsp3) is 0.643. The quantitative estimate of drug-likeness (QED) is 0.567. The number of nitrogens with two attached hydrogens (primary N) is 1. The van der Waals surface area contributed by atoms with Gasteiger partial charge in [0.2, 0.25) is 5.89 Å². The number of ether oxygens (including phenoxy) is 1. The molecule has 0 bridgehead atoms. The van der Waals surface area contributed by atoms with Gasteiger partial charge >= 0.3 is 30.2 Å². The number of carbonyl (C=O) groups excluding carboxylic acids is 3. The predicted octanol–water partition coefficient (Wildman–Crippen LogP) is 1.31. The lowest BCUT2D eigenvalue weighted by molar-refractivity contribution is -0.173. The van der Waals surface area contributed by atoms with E-state index in [1.165, 1.54) is 5.32 Å². The number of carbonyl (C=O) groups is 3. The number of hydrogen-bond acceptors (Lipinski definition) is 8. The van der Waals surface area contributed by atoms with Crippen molar-refractivity contribution in [3.63, 3.8) is 0 Å². The van der Waals surface area contributed by atoms with Gasteiger partial charge in [0.25, 0.3) is 0 Å². The number of nitrogens with zero attached hydrogens (tertiary/aromatic N) is 2. The normalized spacial score (nSPS) is 11.8. The molecule has 30 heavy (non-hydrogen) atoms. The van der Waals surface area contributed by atoms with Crippen LogP contribution in [0.1, 0.15) is 32.6 Å². The van der Waals surface area contributed by atoms with E-state index in [1.54, 1.807) is 20.8 Å². The molecule has 10 nitrogen and oxygen atoms in total. The van der Waals surface area contributed by atoms with E-state index in [-0.39, 0.29) is 12.4 Å². The number of ketones is 1. The van der Waals surface area contributed by atoms with Crippen LogP contribution < -0.4 is 16.4 Å². The second-order valence-corrected chi connectivity index (χ2v) is 6.28. The molecule has 0 aliphatic rings. The maximum absolute atomic E-state index is 11.8. The van der Waals surface area contributed by atoms with E-state index < -0.39 is 54.7 Å². The third-order valence-corrected chi connectivity index (χ3v) is 2.42. The molecule has 0 unspecified atom stereocenters. The highest BCUT2D eigenvalue weighted by Gasteiger charge is 2.39. The minimum atomic E-state index is -5.04. The third kappa shape index (κ3) is 11.8. The summed E-state index contributed by atoms with van der Waals surface area (Å²) < 4.78 is 79.4. The molecule has 1 aromatic heterocycles. The molecular formula is C14H19F6N5O5. The number of hydrogen-bond donors (Lipinski definition) is 3. The highest BCUT2D eigenvalue weighted by molar-refractivity contribution is 5.90. The molecule has 4 N–H and O–H groups in total. The number of halogens is 6. The van der Waals surface area contributed by atoms with Gasteiger partial charge in [-0.05, 0) is 20.8 Å². The molecule has 2 amide bonds. The first-order chi connectivity index (χ1) is 13.5. The van der Waals surface area contributed by atoms with Crippen LogP contribution in [0.4, 0.5) is 31.1 Å². The first-order valence-corrected chi connectivity index (χ1v) is 7.89. The summed E-state index contributed by atoms with van der Waals surface area (Å²) in [6.07, 6.45) is -10.5. The van der Waals surface area contributed by atoms with Crippen molar-refractivity contribution in [2.45, 2.75) is 45.3 Å². The number of rotatable bonds is 5. The highest BCUT2D eigenvalue weighted by atomic mass is 19.4. The van der Waals surface area contributed by atoms with Crippen LogP contribution in [0.5, 0.6) is 0 Å². The first-order valence-electron chi connectivity index (χ1n) is 7.89. The smallest absolute Gasteiger partial charge is 0.444 e. The van der Waals surface area contributed by atoms with Crippen LogP contribution in [0.25, 0.3) is 0 Å². The maximum atomic E-state index is 11.8. The van der Waals surface area contributed by atoms with Crippen molar-refractivity contribution in [1.82, 2.24) is 20.8 Å². The monoisotopic (exact) mass is 451 g/mol. The molecule has 16 heteroatoms. The summed E-state index contributed by atoms with van der Waals surface area (Å²) in [6.45, 7) is 3.28. The number of amides is 2. The van der Waals surface area contributed by atoms with Gasteiger partial charge in [-0.25, -0.2) is 4.79 Å². The average Bonchev–Trinajstić information content (AvgIpc) is 3.05. The molecule has 0 saturated heterocycles. The van der Waals surface area contributed by atoms with E-state index in [2.05, 4.69) is 19.9 Å². The molecule has 1 rings (SSSR count). The second-order valence-electron chi connectivity index (χ2n) is 6.28. The van der Waals surface area contributed by atoms with Crippen molar-refractivity contribution >= 4 is 17.8 Å². The Bertz CT molecular complexity index is 726. The van der Waals surface area contributed by atoms with Crippen molar-refractivity contribution in [2.75, 3.05) is 13.1 Å². The molecule has 0 spiro atoms. The van der Waals surface area contributed by atoms with Gasteiger partial charge in [0, 0.05) is 0 Å². The second kappa shape index (κ2) is 10.7. The maximum Gasteiger partial charge on any atom is 0.471 e. The lowest BCUT2D eigenvalue weighted by Crippen LogP contribution is -2.43. The fourth-order valence-electron chi connectivity index (χ4n) is 1.28. The summed E-state index contributed by atoms with van der Waals surface area (Å²) >= 11 is 0. The van der Waals surface area contributed by atoms with Gasteiger partial charge in [0.15, 0.2) is 5.78 Å². The molecule has 0 saturated carbocycles. The minimum absolute atomic E-state index is 0.191. The lowest BCUT2D eigenvalue weighted by atomic mass is 10.2. The van der Waals surface area contributed by atoms with Crippen LogP contribution in [0.3, 0.4) is 0 Å². The number of nitrogens with one attached hydrogen (secondary N) is 2.